The van der Waals surface area contributed by atoms with Crippen molar-refractivity contribution in [1.29, 1.82) is 0 Å². The third kappa shape index (κ3) is 3.80. The molecule has 102 valence electrons. The van der Waals surface area contributed by atoms with Gasteiger partial charge in [-0.15, -0.1) is 0 Å². The lowest BCUT2D eigenvalue weighted by molar-refractivity contribution is -0.141. The molecule has 4 nitrogen and oxygen atoms in total. The molecule has 2 N–H and O–H groups in total. The Hall–Kier alpha value is -1.36. The zero-order valence-electron chi connectivity index (χ0n) is 10.4. The number of carbonyl (C=O) groups is 2. The Morgan fingerprint density at radius 1 is 1.21 bits per heavy atom. The molecular formula is C14H16BrNO3. The molecule has 0 aliphatic heterocycles. The van der Waals surface area contributed by atoms with E-state index in [-0.39, 0.29) is 17.7 Å². The van der Waals surface area contributed by atoms with Crippen LogP contribution in [0, 0.1) is 11.8 Å². The fourth-order valence-electron chi connectivity index (χ4n) is 2.38. The highest BCUT2D eigenvalue weighted by atomic mass is 79.9. The summed E-state index contributed by atoms with van der Waals surface area (Å²) in [6, 6.07) is 7.74. The van der Waals surface area contributed by atoms with Gasteiger partial charge in [-0.1, -0.05) is 28.1 Å². The fraction of sp³-hybridized carbons (Fsp3) is 0.429. The van der Waals surface area contributed by atoms with Crippen LogP contribution in [0.5, 0.6) is 0 Å². The first-order chi connectivity index (χ1) is 9.06. The SMILES string of the molecule is O=C(O)[C@H]1CC[C@@H](C(=O)NCc2ccc(Br)cc2)C1. The first kappa shape index (κ1) is 14.1. The molecule has 1 fully saturated rings. The van der Waals surface area contributed by atoms with Gasteiger partial charge in [-0.2, -0.15) is 0 Å². The number of hydrogen-bond donors (Lipinski definition) is 2. The molecule has 0 heterocycles. The van der Waals surface area contributed by atoms with Gasteiger partial charge in [0.2, 0.25) is 5.91 Å². The number of benzene rings is 1. The zero-order valence-corrected chi connectivity index (χ0v) is 12.0. The first-order valence-electron chi connectivity index (χ1n) is 6.31. The third-order valence-corrected chi connectivity index (χ3v) is 4.06. The molecule has 2 atom stereocenters. The minimum atomic E-state index is -0.789. The van der Waals surface area contributed by atoms with Gasteiger partial charge in [-0.05, 0) is 37.0 Å². The van der Waals surface area contributed by atoms with Crippen LogP contribution >= 0.6 is 15.9 Å². The normalized spacial score (nSPS) is 22.2. The van der Waals surface area contributed by atoms with Crippen LogP contribution in [0.4, 0.5) is 0 Å². The van der Waals surface area contributed by atoms with Gasteiger partial charge in [0, 0.05) is 16.9 Å². The van der Waals surface area contributed by atoms with Crippen LogP contribution < -0.4 is 5.32 Å². The highest BCUT2D eigenvalue weighted by Crippen LogP contribution is 2.31. The van der Waals surface area contributed by atoms with Crippen molar-refractivity contribution in [3.8, 4) is 0 Å². The lowest BCUT2D eigenvalue weighted by atomic mass is 10.0. The van der Waals surface area contributed by atoms with Crippen molar-refractivity contribution >= 4 is 27.8 Å². The molecule has 2 rings (SSSR count). The van der Waals surface area contributed by atoms with Gasteiger partial charge in [0.05, 0.1) is 5.92 Å². The average molecular weight is 326 g/mol. The maximum Gasteiger partial charge on any atom is 0.306 e. The third-order valence-electron chi connectivity index (χ3n) is 3.53. The first-order valence-corrected chi connectivity index (χ1v) is 7.10. The predicted molar refractivity (Wildman–Crippen MR) is 74.5 cm³/mol. The standard InChI is InChI=1S/C14H16BrNO3/c15-12-5-1-9(2-6-12)8-16-13(17)10-3-4-11(7-10)14(18)19/h1-2,5-6,10-11H,3-4,7-8H2,(H,16,17)(H,18,19)/t10-,11+/m1/s1. The lowest BCUT2D eigenvalue weighted by Gasteiger charge is -2.10. The van der Waals surface area contributed by atoms with E-state index in [1.165, 1.54) is 0 Å². The minimum absolute atomic E-state index is 0.0355. The molecular weight excluding hydrogens is 310 g/mol. The van der Waals surface area contributed by atoms with Crippen molar-refractivity contribution in [3.63, 3.8) is 0 Å². The number of carboxylic acid groups (broad SMARTS) is 1. The quantitative estimate of drug-likeness (QED) is 0.894. The molecule has 1 aromatic rings. The maximum atomic E-state index is 11.9. The second-order valence-corrected chi connectivity index (χ2v) is 5.81. The van der Waals surface area contributed by atoms with Crippen molar-refractivity contribution < 1.29 is 14.7 Å². The van der Waals surface area contributed by atoms with E-state index in [4.69, 9.17) is 5.11 Å². The molecule has 1 aliphatic rings. The molecule has 0 aromatic heterocycles. The van der Waals surface area contributed by atoms with Crippen molar-refractivity contribution in [3.05, 3.63) is 34.3 Å². The van der Waals surface area contributed by atoms with Crippen LogP contribution in [0.1, 0.15) is 24.8 Å². The van der Waals surface area contributed by atoms with E-state index in [0.29, 0.717) is 25.8 Å². The van der Waals surface area contributed by atoms with Gasteiger partial charge in [0.25, 0.3) is 0 Å². The topological polar surface area (TPSA) is 66.4 Å². The molecule has 19 heavy (non-hydrogen) atoms. The largest absolute Gasteiger partial charge is 0.481 e. The van der Waals surface area contributed by atoms with E-state index in [9.17, 15) is 9.59 Å². The molecule has 0 saturated heterocycles. The predicted octanol–water partition coefficient (Wildman–Crippen LogP) is 2.57. The van der Waals surface area contributed by atoms with Crippen LogP contribution in [0.15, 0.2) is 28.7 Å². The van der Waals surface area contributed by atoms with Crippen LogP contribution in [0.2, 0.25) is 0 Å². The van der Waals surface area contributed by atoms with E-state index in [2.05, 4.69) is 21.2 Å². The molecule has 1 amide bonds. The molecule has 0 spiro atoms. The van der Waals surface area contributed by atoms with Crippen LogP contribution in [-0.2, 0) is 16.1 Å². The molecule has 1 aromatic carbocycles. The molecule has 0 unspecified atom stereocenters. The molecule has 1 saturated carbocycles. The Labute approximate surface area is 120 Å². The fourth-order valence-corrected chi connectivity index (χ4v) is 2.64. The van der Waals surface area contributed by atoms with Gasteiger partial charge < -0.3 is 10.4 Å². The summed E-state index contributed by atoms with van der Waals surface area (Å²) in [5.41, 5.74) is 1.03. The van der Waals surface area contributed by atoms with Crippen molar-refractivity contribution in [2.24, 2.45) is 11.8 Å². The van der Waals surface area contributed by atoms with Crippen molar-refractivity contribution in [2.75, 3.05) is 0 Å². The van der Waals surface area contributed by atoms with Crippen molar-refractivity contribution in [2.45, 2.75) is 25.8 Å². The summed E-state index contributed by atoms with van der Waals surface area (Å²) in [4.78, 5) is 22.8. The Bertz CT molecular complexity index is 472. The van der Waals surface area contributed by atoms with Gasteiger partial charge >= 0.3 is 5.97 Å². The second kappa shape index (κ2) is 6.19. The Morgan fingerprint density at radius 3 is 2.42 bits per heavy atom. The minimum Gasteiger partial charge on any atom is -0.481 e. The highest BCUT2D eigenvalue weighted by Gasteiger charge is 2.33. The van der Waals surface area contributed by atoms with Gasteiger partial charge in [-0.3, -0.25) is 9.59 Å². The number of carboxylic acids is 1. The van der Waals surface area contributed by atoms with E-state index in [0.717, 1.165) is 10.0 Å². The van der Waals surface area contributed by atoms with Gasteiger partial charge in [0.15, 0.2) is 0 Å². The van der Waals surface area contributed by atoms with Crippen LogP contribution in [0.25, 0.3) is 0 Å². The maximum absolute atomic E-state index is 11.9. The summed E-state index contributed by atoms with van der Waals surface area (Å²) in [5.74, 6) is -1.34. The summed E-state index contributed by atoms with van der Waals surface area (Å²) in [7, 11) is 0. The number of nitrogens with one attached hydrogen (secondary N) is 1. The highest BCUT2D eigenvalue weighted by molar-refractivity contribution is 9.10. The van der Waals surface area contributed by atoms with E-state index in [1.807, 2.05) is 24.3 Å². The van der Waals surface area contributed by atoms with E-state index >= 15 is 0 Å². The summed E-state index contributed by atoms with van der Waals surface area (Å²) in [6.45, 7) is 0.486. The van der Waals surface area contributed by atoms with Gasteiger partial charge in [0.1, 0.15) is 0 Å². The Balaban J connectivity index is 1.82. The number of halogens is 1. The average Bonchev–Trinajstić information content (AvgIpc) is 2.87. The number of carbonyl (C=O) groups excluding carboxylic acids is 1. The van der Waals surface area contributed by atoms with E-state index in [1.54, 1.807) is 0 Å². The smallest absolute Gasteiger partial charge is 0.306 e. The molecule has 0 bridgehead atoms. The summed E-state index contributed by atoms with van der Waals surface area (Å²) in [5, 5.41) is 11.8. The van der Waals surface area contributed by atoms with Crippen molar-refractivity contribution in [1.82, 2.24) is 5.32 Å². The van der Waals surface area contributed by atoms with Gasteiger partial charge in [-0.25, -0.2) is 0 Å². The number of hydrogen-bond acceptors (Lipinski definition) is 2. The molecule has 1 aliphatic carbocycles. The summed E-state index contributed by atoms with van der Waals surface area (Å²) >= 11 is 3.36. The zero-order chi connectivity index (χ0) is 13.8. The second-order valence-electron chi connectivity index (χ2n) is 4.89. The molecule has 0 radical (unpaired) electrons. The number of rotatable bonds is 4. The number of aliphatic carboxylic acids is 1. The summed E-state index contributed by atoms with van der Waals surface area (Å²) in [6.07, 6.45) is 1.73. The lowest BCUT2D eigenvalue weighted by Crippen LogP contribution is -2.29. The monoisotopic (exact) mass is 325 g/mol. The van der Waals surface area contributed by atoms with Crippen LogP contribution in [0.3, 0.4) is 0 Å². The van der Waals surface area contributed by atoms with E-state index < -0.39 is 5.97 Å². The Morgan fingerprint density at radius 2 is 1.84 bits per heavy atom. The summed E-state index contributed by atoms with van der Waals surface area (Å²) < 4.78 is 1.00. The van der Waals surface area contributed by atoms with Crippen LogP contribution in [-0.4, -0.2) is 17.0 Å². The molecule has 5 heteroatoms. The Kier molecular flexibility index (Phi) is 4.58. The number of amides is 1.